The van der Waals surface area contributed by atoms with Gasteiger partial charge in [0, 0.05) is 0 Å². The topological polar surface area (TPSA) is 0 Å². The highest BCUT2D eigenvalue weighted by atomic mass is 14.5. The second-order valence-electron chi connectivity index (χ2n) is 3.43. The summed E-state index contributed by atoms with van der Waals surface area (Å²) in [6.45, 7) is 2.40. The van der Waals surface area contributed by atoms with Crippen LogP contribution in [0, 0.1) is 11.3 Å². The third kappa shape index (κ3) is 0.367. The summed E-state index contributed by atoms with van der Waals surface area (Å²) in [5.74, 6) is 0.961. The molecule has 8 heavy (non-hydrogen) atoms. The molecule has 0 spiro atoms. The zero-order valence-electron chi connectivity index (χ0n) is 5.35. The van der Waals surface area contributed by atoms with Gasteiger partial charge in [-0.15, -0.1) is 0 Å². The highest BCUT2D eigenvalue weighted by Gasteiger charge is 2.42. The molecule has 0 aromatic carbocycles. The summed E-state index contributed by atoms with van der Waals surface area (Å²) in [6, 6.07) is 0. The SMILES string of the molecule is C[C@]12CC=C[C@H]1CC2. The monoisotopic (exact) mass is 108 g/mol. The zero-order valence-corrected chi connectivity index (χ0v) is 5.35. The Bertz CT molecular complexity index is 135. The molecule has 1 fully saturated rings. The molecule has 1 saturated carbocycles. The number of allylic oxidation sites excluding steroid dienone is 2. The molecule has 0 aromatic heterocycles. The molecule has 0 bridgehead atoms. The fraction of sp³-hybridized carbons (Fsp3) is 0.750. The summed E-state index contributed by atoms with van der Waals surface area (Å²) in [5.41, 5.74) is 0.722. The first-order valence-electron chi connectivity index (χ1n) is 3.48. The van der Waals surface area contributed by atoms with Gasteiger partial charge in [0.1, 0.15) is 0 Å². The van der Waals surface area contributed by atoms with Crippen LogP contribution in [0.3, 0.4) is 0 Å². The Morgan fingerprint density at radius 1 is 1.62 bits per heavy atom. The van der Waals surface area contributed by atoms with Crippen molar-refractivity contribution in [1.29, 1.82) is 0 Å². The van der Waals surface area contributed by atoms with Crippen LogP contribution in [0.15, 0.2) is 12.2 Å². The van der Waals surface area contributed by atoms with Gasteiger partial charge in [0.25, 0.3) is 0 Å². The number of fused-ring (bicyclic) bond motifs is 1. The first-order valence-corrected chi connectivity index (χ1v) is 3.48. The third-order valence-electron chi connectivity index (χ3n) is 2.87. The highest BCUT2D eigenvalue weighted by molar-refractivity contribution is 5.12. The van der Waals surface area contributed by atoms with Gasteiger partial charge >= 0.3 is 0 Å². The van der Waals surface area contributed by atoms with Gasteiger partial charge in [-0.3, -0.25) is 0 Å². The second-order valence-corrected chi connectivity index (χ2v) is 3.43. The van der Waals surface area contributed by atoms with E-state index in [0.29, 0.717) is 0 Å². The van der Waals surface area contributed by atoms with Gasteiger partial charge in [0.05, 0.1) is 0 Å². The Kier molecular flexibility index (Phi) is 0.677. The minimum Gasteiger partial charge on any atom is -0.0877 e. The first kappa shape index (κ1) is 4.60. The number of hydrogen-bond donors (Lipinski definition) is 0. The van der Waals surface area contributed by atoms with Crippen molar-refractivity contribution in [2.75, 3.05) is 0 Å². The molecule has 0 N–H and O–H groups in total. The Labute approximate surface area is 50.6 Å². The lowest BCUT2D eigenvalue weighted by Crippen LogP contribution is -2.32. The van der Waals surface area contributed by atoms with Gasteiger partial charge in [0.2, 0.25) is 0 Å². The number of hydrogen-bond acceptors (Lipinski definition) is 0. The van der Waals surface area contributed by atoms with Crippen LogP contribution in [0.25, 0.3) is 0 Å². The van der Waals surface area contributed by atoms with Gasteiger partial charge in [-0.05, 0) is 30.6 Å². The molecule has 0 saturated heterocycles. The van der Waals surface area contributed by atoms with Crippen molar-refractivity contribution in [3.8, 4) is 0 Å². The first-order chi connectivity index (χ1) is 3.81. The molecule has 0 unspecified atom stereocenters. The fourth-order valence-electron chi connectivity index (χ4n) is 1.89. The molecule has 0 heteroatoms. The smallest absolute Gasteiger partial charge is 0.0176 e. The van der Waals surface area contributed by atoms with Crippen molar-refractivity contribution in [3.05, 3.63) is 12.2 Å². The summed E-state index contributed by atoms with van der Waals surface area (Å²) in [6.07, 6.45) is 9.00. The van der Waals surface area contributed by atoms with E-state index in [0.717, 1.165) is 11.3 Å². The van der Waals surface area contributed by atoms with Gasteiger partial charge in [-0.2, -0.15) is 0 Å². The van der Waals surface area contributed by atoms with E-state index in [1.165, 1.54) is 19.3 Å². The minimum atomic E-state index is 0.722. The van der Waals surface area contributed by atoms with Crippen LogP contribution in [0.1, 0.15) is 26.2 Å². The molecule has 2 rings (SSSR count). The highest BCUT2D eigenvalue weighted by Crippen LogP contribution is 2.53. The Morgan fingerprint density at radius 2 is 2.50 bits per heavy atom. The Balaban J connectivity index is 2.22. The molecule has 2 atom stereocenters. The molecular weight excluding hydrogens is 96.1 g/mol. The molecule has 0 radical (unpaired) electrons. The fourth-order valence-corrected chi connectivity index (χ4v) is 1.89. The van der Waals surface area contributed by atoms with Crippen LogP contribution < -0.4 is 0 Å². The van der Waals surface area contributed by atoms with Crippen molar-refractivity contribution in [2.24, 2.45) is 11.3 Å². The standard InChI is InChI=1S/C8H12/c1-8-5-2-3-7(8)4-6-8/h2-3,7H,4-6H2,1H3/t7-,8+/m0/s1. The van der Waals surface area contributed by atoms with Gasteiger partial charge in [0.15, 0.2) is 0 Å². The lowest BCUT2D eigenvalue weighted by molar-refractivity contribution is 0.109. The van der Waals surface area contributed by atoms with Gasteiger partial charge < -0.3 is 0 Å². The maximum absolute atomic E-state index is 2.40. The van der Waals surface area contributed by atoms with E-state index >= 15 is 0 Å². The summed E-state index contributed by atoms with van der Waals surface area (Å²) >= 11 is 0. The second kappa shape index (κ2) is 1.18. The minimum absolute atomic E-state index is 0.722. The van der Waals surface area contributed by atoms with E-state index in [-0.39, 0.29) is 0 Å². The van der Waals surface area contributed by atoms with Crippen LogP contribution in [0.2, 0.25) is 0 Å². The largest absolute Gasteiger partial charge is 0.0877 e. The molecule has 0 nitrogen and oxygen atoms in total. The van der Waals surface area contributed by atoms with E-state index in [2.05, 4.69) is 19.1 Å². The van der Waals surface area contributed by atoms with Crippen LogP contribution in [0.4, 0.5) is 0 Å². The Morgan fingerprint density at radius 3 is 2.75 bits per heavy atom. The molecule has 0 amide bonds. The lowest BCUT2D eigenvalue weighted by Gasteiger charge is -2.41. The van der Waals surface area contributed by atoms with Crippen molar-refractivity contribution in [1.82, 2.24) is 0 Å². The van der Waals surface area contributed by atoms with E-state index in [1.54, 1.807) is 0 Å². The molecule has 44 valence electrons. The lowest BCUT2D eigenvalue weighted by atomic mass is 9.63. The molecule has 2 aliphatic carbocycles. The maximum Gasteiger partial charge on any atom is -0.0176 e. The molecule has 0 heterocycles. The van der Waals surface area contributed by atoms with Crippen LogP contribution in [-0.2, 0) is 0 Å². The summed E-state index contributed by atoms with van der Waals surface area (Å²) < 4.78 is 0. The average molecular weight is 108 g/mol. The molecule has 0 aromatic rings. The maximum atomic E-state index is 2.40. The predicted molar refractivity (Wildman–Crippen MR) is 34.6 cm³/mol. The van der Waals surface area contributed by atoms with Crippen molar-refractivity contribution < 1.29 is 0 Å². The quantitative estimate of drug-likeness (QED) is 0.418. The van der Waals surface area contributed by atoms with Crippen molar-refractivity contribution in [2.45, 2.75) is 26.2 Å². The molecular formula is C8H12. The van der Waals surface area contributed by atoms with Crippen molar-refractivity contribution >= 4 is 0 Å². The van der Waals surface area contributed by atoms with E-state index in [1.807, 2.05) is 0 Å². The zero-order chi connectivity index (χ0) is 5.61. The van der Waals surface area contributed by atoms with Gasteiger partial charge in [-0.25, -0.2) is 0 Å². The van der Waals surface area contributed by atoms with Crippen LogP contribution in [0.5, 0.6) is 0 Å². The number of rotatable bonds is 0. The summed E-state index contributed by atoms with van der Waals surface area (Å²) in [5, 5.41) is 0. The average Bonchev–Trinajstić information content (AvgIpc) is 1.94. The van der Waals surface area contributed by atoms with E-state index < -0.39 is 0 Å². The van der Waals surface area contributed by atoms with Crippen LogP contribution in [-0.4, -0.2) is 0 Å². The summed E-state index contributed by atoms with van der Waals surface area (Å²) in [7, 11) is 0. The van der Waals surface area contributed by atoms with Crippen molar-refractivity contribution in [3.63, 3.8) is 0 Å². The Hall–Kier alpha value is -0.260. The predicted octanol–water partition coefficient (Wildman–Crippen LogP) is 2.36. The molecule has 2 aliphatic rings. The van der Waals surface area contributed by atoms with Gasteiger partial charge in [-0.1, -0.05) is 19.1 Å². The molecule has 0 aliphatic heterocycles. The third-order valence-corrected chi connectivity index (χ3v) is 2.87. The summed E-state index contributed by atoms with van der Waals surface area (Å²) in [4.78, 5) is 0. The van der Waals surface area contributed by atoms with Crippen LogP contribution >= 0.6 is 0 Å². The van der Waals surface area contributed by atoms with E-state index in [9.17, 15) is 0 Å². The normalized spacial score (nSPS) is 50.9. The van der Waals surface area contributed by atoms with E-state index in [4.69, 9.17) is 0 Å².